The molecule has 2 nitrogen and oxygen atoms in total. The molecule has 2 aromatic rings. The normalized spacial score (nSPS) is 10.5. The van der Waals surface area contributed by atoms with E-state index < -0.39 is 11.6 Å². The summed E-state index contributed by atoms with van der Waals surface area (Å²) in [6.45, 7) is 1.50. The molecule has 1 aromatic heterocycles. The van der Waals surface area contributed by atoms with Crippen LogP contribution in [-0.2, 0) is 0 Å². The topological polar surface area (TPSA) is 25.8 Å². The van der Waals surface area contributed by atoms with E-state index in [0.717, 1.165) is 0 Å². The van der Waals surface area contributed by atoms with Crippen molar-refractivity contribution in [3.8, 4) is 11.1 Å². The first-order valence-electron chi connectivity index (χ1n) is 4.52. The Morgan fingerprint density at radius 1 is 1.06 bits per heavy atom. The van der Waals surface area contributed by atoms with Gasteiger partial charge in [-0.1, -0.05) is 12.1 Å². The van der Waals surface area contributed by atoms with Crippen LogP contribution in [0.4, 0.5) is 8.78 Å². The molecule has 2 rings (SSSR count). The Hall–Kier alpha value is -1.55. The molecule has 5 heteroatoms. The third-order valence-electron chi connectivity index (χ3n) is 2.21. The lowest BCUT2D eigenvalue weighted by atomic mass is 10.1. The fourth-order valence-corrected chi connectivity index (χ4v) is 1.42. The van der Waals surface area contributed by atoms with Crippen LogP contribution in [0.5, 0.6) is 0 Å². The van der Waals surface area contributed by atoms with Gasteiger partial charge in [-0.05, 0) is 24.1 Å². The molecule has 82 valence electrons. The molecule has 0 saturated carbocycles. The Morgan fingerprint density at radius 3 is 2.31 bits per heavy atom. The Morgan fingerprint density at radius 2 is 1.69 bits per heavy atom. The van der Waals surface area contributed by atoms with Crippen LogP contribution >= 0.6 is 11.6 Å². The molecule has 0 aliphatic rings. The van der Waals surface area contributed by atoms with Crippen molar-refractivity contribution in [3.63, 3.8) is 0 Å². The summed E-state index contributed by atoms with van der Waals surface area (Å²) >= 11 is 5.51. The van der Waals surface area contributed by atoms with Crippen LogP contribution in [0, 0.1) is 18.6 Å². The van der Waals surface area contributed by atoms with Gasteiger partial charge < -0.3 is 0 Å². The molecule has 0 saturated heterocycles. The van der Waals surface area contributed by atoms with Gasteiger partial charge in [-0.2, -0.15) is 0 Å². The second-order valence-corrected chi connectivity index (χ2v) is 3.64. The second kappa shape index (κ2) is 4.14. The van der Waals surface area contributed by atoms with Gasteiger partial charge in [0.05, 0.1) is 0 Å². The average molecular weight is 241 g/mol. The molecule has 0 aliphatic carbocycles. The first-order chi connectivity index (χ1) is 7.59. The van der Waals surface area contributed by atoms with E-state index in [1.807, 2.05) is 0 Å². The average Bonchev–Trinajstić information content (AvgIpc) is 2.28. The van der Waals surface area contributed by atoms with Gasteiger partial charge >= 0.3 is 0 Å². The minimum atomic E-state index is -0.897. The van der Waals surface area contributed by atoms with Crippen molar-refractivity contribution in [2.45, 2.75) is 6.92 Å². The predicted molar refractivity (Wildman–Crippen MR) is 57.1 cm³/mol. The quantitative estimate of drug-likeness (QED) is 0.714. The lowest BCUT2D eigenvalue weighted by Crippen LogP contribution is -1.94. The van der Waals surface area contributed by atoms with Crippen molar-refractivity contribution >= 4 is 11.6 Å². The molecule has 0 radical (unpaired) electrons. The van der Waals surface area contributed by atoms with E-state index in [4.69, 9.17) is 11.6 Å². The van der Waals surface area contributed by atoms with Gasteiger partial charge in [0.2, 0.25) is 5.28 Å². The lowest BCUT2D eigenvalue weighted by molar-refractivity contribution is 0.505. The summed E-state index contributed by atoms with van der Waals surface area (Å²) in [5.41, 5.74) is 0.775. The Balaban J connectivity index is 2.57. The minimum Gasteiger partial charge on any atom is -0.226 e. The zero-order chi connectivity index (χ0) is 11.7. The monoisotopic (exact) mass is 240 g/mol. The molecule has 0 aliphatic heterocycles. The Labute approximate surface area is 95.9 Å². The maximum absolute atomic E-state index is 13.6. The predicted octanol–water partition coefficient (Wildman–Crippen LogP) is 3.38. The molecular weight excluding hydrogens is 234 g/mol. The SMILES string of the molecule is Cc1ccc(-c2cnc(Cl)nc2)c(F)c1F. The van der Waals surface area contributed by atoms with E-state index in [-0.39, 0.29) is 16.4 Å². The molecule has 1 heterocycles. The number of halogens is 3. The standard InChI is InChI=1S/C11H7ClF2N2/c1-6-2-3-8(10(14)9(6)13)7-4-15-11(12)16-5-7/h2-5H,1H3. The highest BCUT2D eigenvalue weighted by atomic mass is 35.5. The number of aromatic nitrogens is 2. The number of nitrogens with zero attached hydrogens (tertiary/aromatic N) is 2. The van der Waals surface area contributed by atoms with Crippen molar-refractivity contribution in [2.75, 3.05) is 0 Å². The summed E-state index contributed by atoms with van der Waals surface area (Å²) in [6.07, 6.45) is 2.70. The summed E-state index contributed by atoms with van der Waals surface area (Å²) in [5, 5.41) is 0.0664. The minimum absolute atomic E-state index is 0.0664. The zero-order valence-electron chi connectivity index (χ0n) is 8.34. The van der Waals surface area contributed by atoms with Gasteiger partial charge in [0.15, 0.2) is 11.6 Å². The molecule has 0 spiro atoms. The summed E-state index contributed by atoms with van der Waals surface area (Å²) in [4.78, 5) is 7.43. The molecule has 0 N–H and O–H groups in total. The van der Waals surface area contributed by atoms with Crippen LogP contribution in [0.3, 0.4) is 0 Å². The van der Waals surface area contributed by atoms with Crippen molar-refractivity contribution in [1.82, 2.24) is 9.97 Å². The lowest BCUT2D eigenvalue weighted by Gasteiger charge is -2.05. The van der Waals surface area contributed by atoms with Crippen molar-refractivity contribution in [1.29, 1.82) is 0 Å². The third kappa shape index (κ3) is 1.88. The molecule has 1 aromatic carbocycles. The van der Waals surface area contributed by atoms with E-state index in [0.29, 0.717) is 5.56 Å². The van der Waals surface area contributed by atoms with Crippen molar-refractivity contribution in [2.24, 2.45) is 0 Å². The van der Waals surface area contributed by atoms with Crippen molar-refractivity contribution in [3.05, 3.63) is 47.0 Å². The molecule has 0 atom stereocenters. The van der Waals surface area contributed by atoms with Crippen LogP contribution in [-0.4, -0.2) is 9.97 Å². The van der Waals surface area contributed by atoms with Crippen molar-refractivity contribution < 1.29 is 8.78 Å². The van der Waals surface area contributed by atoms with Crippen LogP contribution in [0.15, 0.2) is 24.5 Å². The van der Waals surface area contributed by atoms with E-state index in [1.165, 1.54) is 31.5 Å². The number of hydrogen-bond donors (Lipinski definition) is 0. The molecule has 0 unspecified atom stereocenters. The smallest absolute Gasteiger partial charge is 0.222 e. The van der Waals surface area contributed by atoms with Gasteiger partial charge in [0.1, 0.15) is 0 Å². The maximum Gasteiger partial charge on any atom is 0.222 e. The van der Waals surface area contributed by atoms with Gasteiger partial charge in [-0.15, -0.1) is 0 Å². The summed E-state index contributed by atoms with van der Waals surface area (Å²) < 4.78 is 26.9. The van der Waals surface area contributed by atoms with Crippen LogP contribution in [0.2, 0.25) is 5.28 Å². The number of aryl methyl sites for hydroxylation is 1. The van der Waals surface area contributed by atoms with Gasteiger partial charge in [0, 0.05) is 23.5 Å². The Kier molecular flexibility index (Phi) is 2.83. The van der Waals surface area contributed by atoms with Crippen LogP contribution in [0.1, 0.15) is 5.56 Å². The molecule has 0 amide bonds. The fourth-order valence-electron chi connectivity index (χ4n) is 1.32. The summed E-state index contributed by atoms with van der Waals surface area (Å²) in [6, 6.07) is 2.99. The highest BCUT2D eigenvalue weighted by molar-refractivity contribution is 6.28. The fraction of sp³-hybridized carbons (Fsp3) is 0.0909. The molecule has 0 fully saturated rings. The van der Waals surface area contributed by atoms with Crippen LogP contribution < -0.4 is 0 Å². The third-order valence-corrected chi connectivity index (χ3v) is 2.40. The highest BCUT2D eigenvalue weighted by Crippen LogP contribution is 2.25. The number of hydrogen-bond acceptors (Lipinski definition) is 2. The highest BCUT2D eigenvalue weighted by Gasteiger charge is 2.12. The largest absolute Gasteiger partial charge is 0.226 e. The first-order valence-corrected chi connectivity index (χ1v) is 4.90. The molecular formula is C11H7ClF2N2. The molecule has 0 bridgehead atoms. The van der Waals surface area contributed by atoms with E-state index >= 15 is 0 Å². The second-order valence-electron chi connectivity index (χ2n) is 3.30. The Bertz CT molecular complexity index is 526. The van der Waals surface area contributed by atoms with Crippen LogP contribution in [0.25, 0.3) is 11.1 Å². The van der Waals surface area contributed by atoms with E-state index in [1.54, 1.807) is 0 Å². The van der Waals surface area contributed by atoms with Gasteiger partial charge in [0.25, 0.3) is 0 Å². The summed E-state index contributed by atoms with van der Waals surface area (Å²) in [5.74, 6) is -1.75. The number of benzene rings is 1. The maximum atomic E-state index is 13.6. The van der Waals surface area contributed by atoms with E-state index in [2.05, 4.69) is 9.97 Å². The van der Waals surface area contributed by atoms with E-state index in [9.17, 15) is 8.78 Å². The van der Waals surface area contributed by atoms with Gasteiger partial charge in [-0.25, -0.2) is 18.7 Å². The van der Waals surface area contributed by atoms with Gasteiger partial charge in [-0.3, -0.25) is 0 Å². The molecule has 16 heavy (non-hydrogen) atoms. The summed E-state index contributed by atoms with van der Waals surface area (Å²) in [7, 11) is 0. The number of rotatable bonds is 1. The zero-order valence-corrected chi connectivity index (χ0v) is 9.09. The first kappa shape index (κ1) is 11.0.